The van der Waals surface area contributed by atoms with Crippen LogP contribution in [0.15, 0.2) is 12.1 Å². The van der Waals surface area contributed by atoms with E-state index in [0.29, 0.717) is 16.6 Å². The number of halogens is 2. The van der Waals surface area contributed by atoms with Crippen molar-refractivity contribution in [1.82, 2.24) is 0 Å². The van der Waals surface area contributed by atoms with E-state index in [1.165, 1.54) is 6.92 Å². The van der Waals surface area contributed by atoms with Crippen LogP contribution in [0.4, 0.5) is 11.4 Å². The first-order valence-corrected chi connectivity index (χ1v) is 10.0. The lowest BCUT2D eigenvalue weighted by Crippen LogP contribution is -2.46. The van der Waals surface area contributed by atoms with Crippen molar-refractivity contribution in [1.29, 1.82) is 0 Å². The summed E-state index contributed by atoms with van der Waals surface area (Å²) in [6.07, 6.45) is -1.15. The highest BCUT2D eigenvalue weighted by Crippen LogP contribution is 2.43. The number of fused-ring (bicyclic) bond motifs is 1. The molecule has 0 spiro atoms. The summed E-state index contributed by atoms with van der Waals surface area (Å²) < 4.78 is 36.7. The highest BCUT2D eigenvalue weighted by Gasteiger charge is 2.35. The standard InChI is InChI=1S/C15H20Cl2N2O5S/c1-4-18-9(2)19(15-6-13(17)12(16)5-14(15)18)7-11(24-10(3)20)8-25(21,22)23/h5-6,9,11H,4,7-8H2,1-3H3,(H,21,22,23)/t9-,11+/m1/s1. The van der Waals surface area contributed by atoms with Crippen molar-refractivity contribution in [2.45, 2.75) is 33.0 Å². The molecule has 0 saturated heterocycles. The van der Waals surface area contributed by atoms with E-state index < -0.39 is 27.9 Å². The van der Waals surface area contributed by atoms with E-state index in [4.69, 9.17) is 32.5 Å². The average Bonchev–Trinajstić information content (AvgIpc) is 2.69. The molecular formula is C15H20Cl2N2O5S. The van der Waals surface area contributed by atoms with E-state index in [0.717, 1.165) is 11.4 Å². The maximum Gasteiger partial charge on any atom is 0.302 e. The molecule has 1 aromatic rings. The predicted octanol–water partition coefficient (Wildman–Crippen LogP) is 2.81. The smallest absolute Gasteiger partial charge is 0.302 e. The van der Waals surface area contributed by atoms with Gasteiger partial charge in [0.2, 0.25) is 0 Å². The Morgan fingerprint density at radius 3 is 2.24 bits per heavy atom. The lowest BCUT2D eigenvalue weighted by atomic mass is 10.2. The number of nitrogens with zero attached hydrogens (tertiary/aromatic N) is 2. The van der Waals surface area contributed by atoms with Crippen LogP contribution in [-0.2, 0) is 19.6 Å². The summed E-state index contributed by atoms with van der Waals surface area (Å²) in [6.45, 7) is 5.88. The first-order valence-electron chi connectivity index (χ1n) is 7.68. The Morgan fingerprint density at radius 2 is 1.80 bits per heavy atom. The molecule has 0 amide bonds. The quantitative estimate of drug-likeness (QED) is 0.569. The lowest BCUT2D eigenvalue weighted by Gasteiger charge is -2.31. The minimum atomic E-state index is -4.30. The lowest BCUT2D eigenvalue weighted by molar-refractivity contribution is -0.144. The second-order valence-corrected chi connectivity index (χ2v) is 8.12. The Morgan fingerprint density at radius 1 is 1.28 bits per heavy atom. The normalized spacial score (nSPS) is 18.2. The molecule has 25 heavy (non-hydrogen) atoms. The fourth-order valence-corrected chi connectivity index (χ4v) is 4.01. The number of ether oxygens (including phenoxy) is 1. The SMILES string of the molecule is CCN1c2cc(Cl)c(Cl)cc2N(C[C@@H](CS(=O)(=O)O)OC(C)=O)[C@@H]1C. The summed E-state index contributed by atoms with van der Waals surface area (Å²) in [5, 5.41) is 0.789. The molecule has 1 aliphatic heterocycles. The molecule has 1 aromatic carbocycles. The molecule has 2 atom stereocenters. The Labute approximate surface area is 157 Å². The van der Waals surface area contributed by atoms with Crippen LogP contribution in [-0.4, -0.2) is 50.1 Å². The molecule has 0 fully saturated rings. The van der Waals surface area contributed by atoms with Crippen molar-refractivity contribution >= 4 is 50.7 Å². The van der Waals surface area contributed by atoms with Crippen LogP contribution in [0.5, 0.6) is 0 Å². The van der Waals surface area contributed by atoms with Gasteiger partial charge in [-0.3, -0.25) is 9.35 Å². The number of rotatable bonds is 6. The van der Waals surface area contributed by atoms with E-state index in [2.05, 4.69) is 4.90 Å². The van der Waals surface area contributed by atoms with Crippen LogP contribution >= 0.6 is 23.2 Å². The van der Waals surface area contributed by atoms with Crippen molar-refractivity contribution in [2.24, 2.45) is 0 Å². The fraction of sp³-hybridized carbons (Fsp3) is 0.533. The summed E-state index contributed by atoms with van der Waals surface area (Å²) in [6, 6.07) is 3.45. The monoisotopic (exact) mass is 410 g/mol. The summed E-state index contributed by atoms with van der Waals surface area (Å²) in [5.41, 5.74) is 1.62. The molecule has 0 radical (unpaired) electrons. The van der Waals surface area contributed by atoms with E-state index in [1.807, 2.05) is 18.7 Å². The Kier molecular flexibility index (Phi) is 6.09. The van der Waals surface area contributed by atoms with Crippen LogP contribution < -0.4 is 9.80 Å². The summed E-state index contributed by atoms with van der Waals surface area (Å²) in [7, 11) is -4.30. The van der Waals surface area contributed by atoms with Crippen LogP contribution in [0, 0.1) is 0 Å². The molecule has 1 heterocycles. The van der Waals surface area contributed by atoms with Gasteiger partial charge < -0.3 is 14.5 Å². The van der Waals surface area contributed by atoms with Gasteiger partial charge in [0, 0.05) is 13.5 Å². The second kappa shape index (κ2) is 7.57. The third-order valence-corrected chi connectivity index (χ3v) is 5.52. The molecule has 0 bridgehead atoms. The minimum absolute atomic E-state index is 0.0853. The van der Waals surface area contributed by atoms with Gasteiger partial charge in [-0.15, -0.1) is 0 Å². The van der Waals surface area contributed by atoms with Gasteiger partial charge in [0.25, 0.3) is 10.1 Å². The molecule has 0 aliphatic carbocycles. The molecule has 0 unspecified atom stereocenters. The maximum absolute atomic E-state index is 11.3. The zero-order chi connectivity index (χ0) is 18.9. The van der Waals surface area contributed by atoms with Crippen LogP contribution in [0.1, 0.15) is 20.8 Å². The number of benzene rings is 1. The van der Waals surface area contributed by atoms with Gasteiger partial charge in [0.1, 0.15) is 11.9 Å². The number of hydrogen-bond donors (Lipinski definition) is 1. The van der Waals surface area contributed by atoms with Gasteiger partial charge in [-0.05, 0) is 26.0 Å². The molecule has 2 rings (SSSR count). The molecule has 7 nitrogen and oxygen atoms in total. The van der Waals surface area contributed by atoms with Gasteiger partial charge in [0.15, 0.2) is 0 Å². The van der Waals surface area contributed by atoms with Gasteiger partial charge >= 0.3 is 5.97 Å². The van der Waals surface area contributed by atoms with Crippen LogP contribution in [0.25, 0.3) is 0 Å². The number of carbonyl (C=O) groups is 1. The maximum atomic E-state index is 11.3. The Balaban J connectivity index is 2.37. The van der Waals surface area contributed by atoms with Crippen molar-refractivity contribution < 1.29 is 22.5 Å². The second-order valence-electron chi connectivity index (χ2n) is 5.81. The minimum Gasteiger partial charge on any atom is -0.459 e. The predicted molar refractivity (Wildman–Crippen MR) is 98.3 cm³/mol. The average molecular weight is 411 g/mol. The van der Waals surface area contributed by atoms with Gasteiger partial charge in [-0.2, -0.15) is 8.42 Å². The first-order chi connectivity index (χ1) is 11.5. The summed E-state index contributed by atoms with van der Waals surface area (Å²) in [4.78, 5) is 15.2. The van der Waals surface area contributed by atoms with E-state index in [9.17, 15) is 13.2 Å². The summed E-state index contributed by atoms with van der Waals surface area (Å²) in [5.74, 6) is -1.30. The molecule has 10 heteroatoms. The Bertz CT molecular complexity index is 771. The molecule has 1 aliphatic rings. The zero-order valence-corrected chi connectivity index (χ0v) is 16.4. The van der Waals surface area contributed by atoms with E-state index in [1.54, 1.807) is 12.1 Å². The van der Waals surface area contributed by atoms with Crippen molar-refractivity contribution in [3.05, 3.63) is 22.2 Å². The number of hydrogen-bond acceptors (Lipinski definition) is 6. The topological polar surface area (TPSA) is 87.2 Å². The molecule has 0 aromatic heterocycles. The largest absolute Gasteiger partial charge is 0.459 e. The van der Waals surface area contributed by atoms with Crippen molar-refractivity contribution in [3.8, 4) is 0 Å². The van der Waals surface area contributed by atoms with E-state index in [-0.39, 0.29) is 12.7 Å². The molecule has 0 saturated carbocycles. The van der Waals surface area contributed by atoms with Gasteiger partial charge in [0.05, 0.1) is 34.1 Å². The highest BCUT2D eigenvalue weighted by atomic mass is 35.5. The third kappa shape index (κ3) is 4.69. The number of carbonyl (C=O) groups excluding carboxylic acids is 1. The van der Waals surface area contributed by atoms with Gasteiger partial charge in [-0.1, -0.05) is 23.2 Å². The molecular weight excluding hydrogens is 391 g/mol. The van der Waals surface area contributed by atoms with E-state index >= 15 is 0 Å². The van der Waals surface area contributed by atoms with Gasteiger partial charge in [-0.25, -0.2) is 0 Å². The number of esters is 1. The third-order valence-electron chi connectivity index (χ3n) is 4.01. The Hall–Kier alpha value is -1.22. The number of anilines is 2. The molecule has 140 valence electrons. The highest BCUT2D eigenvalue weighted by molar-refractivity contribution is 7.85. The summed E-state index contributed by atoms with van der Waals surface area (Å²) >= 11 is 12.2. The fourth-order valence-electron chi connectivity index (χ4n) is 3.06. The van der Waals surface area contributed by atoms with Crippen molar-refractivity contribution in [2.75, 3.05) is 28.6 Å². The van der Waals surface area contributed by atoms with Crippen molar-refractivity contribution in [3.63, 3.8) is 0 Å². The molecule has 1 N–H and O–H groups in total. The zero-order valence-electron chi connectivity index (χ0n) is 14.1. The van der Waals surface area contributed by atoms with Crippen LogP contribution in [0.2, 0.25) is 10.0 Å². The first kappa shape index (κ1) is 20.1. The van der Waals surface area contributed by atoms with Crippen LogP contribution in [0.3, 0.4) is 0 Å².